The van der Waals surface area contributed by atoms with Crippen LogP contribution in [0.2, 0.25) is 0 Å². The Morgan fingerprint density at radius 2 is 2.19 bits per heavy atom. The Labute approximate surface area is 173 Å². The number of hydrogen-bond donors (Lipinski definition) is 2. The van der Waals surface area contributed by atoms with Gasteiger partial charge in [0.05, 0.1) is 0 Å². The van der Waals surface area contributed by atoms with E-state index in [0.29, 0.717) is 11.9 Å². The minimum absolute atomic E-state index is 0. The molecule has 1 saturated heterocycles. The number of nitrogens with zero attached hydrogens (tertiary/aromatic N) is 4. The predicted octanol–water partition coefficient (Wildman–Crippen LogP) is 2.31. The molecule has 1 aromatic heterocycles. The van der Waals surface area contributed by atoms with Gasteiger partial charge >= 0.3 is 0 Å². The number of aromatic nitrogens is 1. The second-order valence-corrected chi connectivity index (χ2v) is 6.41. The third-order valence-electron chi connectivity index (χ3n) is 4.79. The van der Waals surface area contributed by atoms with Crippen LogP contribution in [0.5, 0.6) is 0 Å². The van der Waals surface area contributed by atoms with Crippen molar-refractivity contribution in [1.82, 2.24) is 20.5 Å². The summed E-state index contributed by atoms with van der Waals surface area (Å²) in [4.78, 5) is 12.9. The third kappa shape index (κ3) is 6.22. The van der Waals surface area contributed by atoms with Crippen molar-refractivity contribution in [1.29, 1.82) is 0 Å². The molecule has 1 fully saturated rings. The molecule has 148 valence electrons. The van der Waals surface area contributed by atoms with Gasteiger partial charge in [0, 0.05) is 45.0 Å². The van der Waals surface area contributed by atoms with Gasteiger partial charge in [0.2, 0.25) is 0 Å². The predicted molar refractivity (Wildman–Crippen MR) is 117 cm³/mol. The molecule has 2 N–H and O–H groups in total. The monoisotopic (exact) mass is 478 g/mol. The lowest BCUT2D eigenvalue weighted by atomic mass is 10.2. The lowest BCUT2D eigenvalue weighted by Gasteiger charge is -2.27. The van der Waals surface area contributed by atoms with Crippen molar-refractivity contribution in [2.75, 3.05) is 44.7 Å². The van der Waals surface area contributed by atoms with E-state index in [4.69, 9.17) is 0 Å². The highest BCUT2D eigenvalue weighted by molar-refractivity contribution is 14.0. The second kappa shape index (κ2) is 11.5. The first-order valence-electron chi connectivity index (χ1n) is 9.15. The van der Waals surface area contributed by atoms with E-state index >= 15 is 0 Å². The van der Waals surface area contributed by atoms with E-state index in [1.54, 1.807) is 19.3 Å². The number of pyridine rings is 1. The first-order valence-corrected chi connectivity index (χ1v) is 9.15. The van der Waals surface area contributed by atoms with Gasteiger partial charge in [0.15, 0.2) is 17.6 Å². The Balaban J connectivity index is 0.00000338. The summed E-state index contributed by atoms with van der Waals surface area (Å²) < 4.78 is 13.9. The van der Waals surface area contributed by atoms with E-state index in [0.717, 1.165) is 45.1 Å². The van der Waals surface area contributed by atoms with Gasteiger partial charge in [0.1, 0.15) is 0 Å². The van der Waals surface area contributed by atoms with E-state index in [9.17, 15) is 4.39 Å². The van der Waals surface area contributed by atoms with Crippen molar-refractivity contribution in [3.8, 4) is 0 Å². The zero-order valence-corrected chi connectivity index (χ0v) is 18.5. The first kappa shape index (κ1) is 22.9. The minimum Gasteiger partial charge on any atom is -0.355 e. The Kier molecular flexibility index (Phi) is 10.1. The SMILES string of the molecule is CCN(CC)C(C)CNC(=NC)NC1CCN(c2ncccc2F)C1.I. The maximum absolute atomic E-state index is 13.9. The standard InChI is InChI=1S/C18H31FN6.HI/c1-5-24(6-2)14(3)12-22-18(20-4)23-15-9-11-25(13-15)17-16(19)8-7-10-21-17;/h7-8,10,14-15H,5-6,9,11-13H2,1-4H3,(H2,20,22,23);1H. The molecule has 1 aromatic rings. The first-order chi connectivity index (χ1) is 12.1. The van der Waals surface area contributed by atoms with Crippen molar-refractivity contribution in [3.63, 3.8) is 0 Å². The molecule has 0 saturated carbocycles. The van der Waals surface area contributed by atoms with Gasteiger partial charge in [-0.25, -0.2) is 9.37 Å². The molecule has 1 aliphatic heterocycles. The van der Waals surface area contributed by atoms with Crippen LogP contribution in [0.3, 0.4) is 0 Å². The van der Waals surface area contributed by atoms with Crippen LogP contribution in [0.25, 0.3) is 0 Å². The van der Waals surface area contributed by atoms with E-state index in [2.05, 4.69) is 46.3 Å². The van der Waals surface area contributed by atoms with Crippen LogP contribution in [0, 0.1) is 5.82 Å². The average Bonchev–Trinajstić information content (AvgIpc) is 3.08. The number of hydrogen-bond acceptors (Lipinski definition) is 4. The molecule has 8 heteroatoms. The van der Waals surface area contributed by atoms with Crippen LogP contribution in [0.4, 0.5) is 10.2 Å². The summed E-state index contributed by atoms with van der Waals surface area (Å²) in [7, 11) is 1.78. The maximum Gasteiger partial charge on any atom is 0.191 e. The van der Waals surface area contributed by atoms with E-state index in [1.165, 1.54) is 6.07 Å². The van der Waals surface area contributed by atoms with Crippen molar-refractivity contribution in [2.45, 2.75) is 39.3 Å². The fraction of sp³-hybridized carbons (Fsp3) is 0.667. The molecule has 0 spiro atoms. The Morgan fingerprint density at radius 3 is 2.81 bits per heavy atom. The van der Waals surface area contributed by atoms with Gasteiger partial charge in [-0.05, 0) is 38.6 Å². The van der Waals surface area contributed by atoms with Gasteiger partial charge in [-0.1, -0.05) is 13.8 Å². The van der Waals surface area contributed by atoms with E-state index < -0.39 is 0 Å². The quantitative estimate of drug-likeness (QED) is 0.358. The van der Waals surface area contributed by atoms with Crippen LogP contribution in [0.15, 0.2) is 23.3 Å². The highest BCUT2D eigenvalue weighted by Gasteiger charge is 2.26. The molecular formula is C18H32FIN6. The zero-order chi connectivity index (χ0) is 18.2. The summed E-state index contributed by atoms with van der Waals surface area (Å²) in [6.45, 7) is 11.0. The van der Waals surface area contributed by atoms with Gasteiger partial charge in [0.25, 0.3) is 0 Å². The molecule has 26 heavy (non-hydrogen) atoms. The fourth-order valence-electron chi connectivity index (χ4n) is 3.29. The molecule has 6 nitrogen and oxygen atoms in total. The van der Waals surface area contributed by atoms with Crippen LogP contribution in [-0.2, 0) is 0 Å². The molecular weight excluding hydrogens is 446 g/mol. The van der Waals surface area contributed by atoms with Gasteiger partial charge < -0.3 is 15.5 Å². The lowest BCUT2D eigenvalue weighted by molar-refractivity contribution is 0.231. The summed E-state index contributed by atoms with van der Waals surface area (Å²) in [5.74, 6) is 0.968. The molecule has 0 radical (unpaired) electrons. The van der Waals surface area contributed by atoms with Crippen LogP contribution in [-0.4, -0.2) is 67.7 Å². The maximum atomic E-state index is 13.9. The van der Waals surface area contributed by atoms with Gasteiger partial charge in [-0.15, -0.1) is 24.0 Å². The molecule has 2 heterocycles. The third-order valence-corrected chi connectivity index (χ3v) is 4.79. The average molecular weight is 478 g/mol. The fourth-order valence-corrected chi connectivity index (χ4v) is 3.29. The summed E-state index contributed by atoms with van der Waals surface area (Å²) in [5, 5.41) is 6.84. The number of likely N-dealkylation sites (N-methyl/N-ethyl adjacent to an activating group) is 1. The number of halogens is 2. The number of guanidine groups is 1. The molecule has 2 rings (SSSR count). The van der Waals surface area contributed by atoms with Crippen LogP contribution in [0.1, 0.15) is 27.2 Å². The van der Waals surface area contributed by atoms with Gasteiger partial charge in [-0.2, -0.15) is 0 Å². The van der Waals surface area contributed by atoms with Crippen molar-refractivity contribution >= 4 is 35.8 Å². The second-order valence-electron chi connectivity index (χ2n) is 6.41. The number of nitrogens with one attached hydrogen (secondary N) is 2. The summed E-state index contributed by atoms with van der Waals surface area (Å²) >= 11 is 0. The normalized spacial score (nSPS) is 18.6. The molecule has 0 bridgehead atoms. The summed E-state index contributed by atoms with van der Waals surface area (Å²) in [6, 6.07) is 3.75. The molecule has 1 aliphatic rings. The van der Waals surface area contributed by atoms with Crippen LogP contribution >= 0.6 is 24.0 Å². The molecule has 0 amide bonds. The molecule has 2 atom stereocenters. The van der Waals surface area contributed by atoms with Crippen molar-refractivity contribution in [2.24, 2.45) is 4.99 Å². The zero-order valence-electron chi connectivity index (χ0n) is 16.2. The minimum atomic E-state index is -0.265. The lowest BCUT2D eigenvalue weighted by Crippen LogP contribution is -2.49. The largest absolute Gasteiger partial charge is 0.355 e. The molecule has 2 unspecified atom stereocenters. The molecule has 0 aliphatic carbocycles. The Morgan fingerprint density at radius 1 is 1.46 bits per heavy atom. The summed E-state index contributed by atoms with van der Waals surface area (Å²) in [6.07, 6.45) is 2.57. The number of rotatable bonds is 7. The summed E-state index contributed by atoms with van der Waals surface area (Å²) in [5.41, 5.74) is 0. The van der Waals surface area contributed by atoms with E-state index in [-0.39, 0.29) is 35.8 Å². The van der Waals surface area contributed by atoms with Crippen molar-refractivity contribution < 1.29 is 4.39 Å². The van der Waals surface area contributed by atoms with Gasteiger partial charge in [-0.3, -0.25) is 9.89 Å². The topological polar surface area (TPSA) is 55.8 Å². The smallest absolute Gasteiger partial charge is 0.191 e. The Bertz CT molecular complexity index is 566. The highest BCUT2D eigenvalue weighted by atomic mass is 127. The highest BCUT2D eigenvalue weighted by Crippen LogP contribution is 2.20. The molecule has 0 aromatic carbocycles. The van der Waals surface area contributed by atoms with Crippen LogP contribution < -0.4 is 15.5 Å². The number of aliphatic imine (C=N–C) groups is 1. The van der Waals surface area contributed by atoms with E-state index in [1.807, 2.05) is 4.90 Å². The number of anilines is 1. The van der Waals surface area contributed by atoms with Crippen molar-refractivity contribution in [3.05, 3.63) is 24.1 Å². The Hall–Kier alpha value is -1.16.